The lowest BCUT2D eigenvalue weighted by Crippen LogP contribution is -2.11. The van der Waals surface area contributed by atoms with Gasteiger partial charge < -0.3 is 0 Å². The van der Waals surface area contributed by atoms with Gasteiger partial charge in [-0.25, -0.2) is 10.4 Å². The van der Waals surface area contributed by atoms with Crippen molar-refractivity contribution < 1.29 is 4.92 Å². The number of anilines is 1. The number of hydrazone groups is 1. The van der Waals surface area contributed by atoms with Crippen LogP contribution < -0.4 is 11.0 Å². The molecule has 0 aliphatic heterocycles. The van der Waals surface area contributed by atoms with Gasteiger partial charge in [0.1, 0.15) is 5.02 Å². The van der Waals surface area contributed by atoms with Crippen molar-refractivity contribution in [2.75, 3.05) is 5.43 Å². The van der Waals surface area contributed by atoms with E-state index >= 15 is 0 Å². The van der Waals surface area contributed by atoms with E-state index in [0.717, 1.165) is 0 Å². The molecule has 1 aromatic heterocycles. The number of aromatic amines is 1. The fraction of sp³-hybridized carbons (Fsp3) is 0.154. The summed E-state index contributed by atoms with van der Waals surface area (Å²) in [4.78, 5) is 28.1. The average molecular weight is 322 g/mol. The molecule has 2 aromatic rings. The summed E-state index contributed by atoms with van der Waals surface area (Å²) < 4.78 is 0. The molecule has 114 valence electrons. The normalized spacial score (nSPS) is 11.3. The van der Waals surface area contributed by atoms with Crippen LogP contribution in [0.15, 0.2) is 34.2 Å². The summed E-state index contributed by atoms with van der Waals surface area (Å²) in [5.41, 5.74) is 3.65. The molecule has 0 saturated heterocycles. The Labute approximate surface area is 130 Å². The lowest BCUT2D eigenvalue weighted by atomic mass is 10.1. The number of hydrogen-bond acceptors (Lipinski definition) is 6. The Kier molecular flexibility index (Phi) is 4.52. The highest BCUT2D eigenvalue weighted by Crippen LogP contribution is 2.25. The minimum Gasteiger partial charge on any atom is -0.291 e. The monoisotopic (exact) mass is 321 g/mol. The fourth-order valence-electron chi connectivity index (χ4n) is 1.71. The fourth-order valence-corrected chi connectivity index (χ4v) is 1.90. The maximum Gasteiger partial charge on any atom is 0.288 e. The average Bonchev–Trinajstić information content (AvgIpc) is 2.44. The smallest absolute Gasteiger partial charge is 0.288 e. The van der Waals surface area contributed by atoms with E-state index in [0.29, 0.717) is 17.0 Å². The van der Waals surface area contributed by atoms with Gasteiger partial charge >= 0.3 is 0 Å². The first-order chi connectivity index (χ1) is 10.4. The molecule has 2 rings (SSSR count). The molecule has 22 heavy (non-hydrogen) atoms. The number of nitrogens with one attached hydrogen (secondary N) is 2. The predicted octanol–water partition coefficient (Wildman–Crippen LogP) is 2.48. The van der Waals surface area contributed by atoms with Gasteiger partial charge in [-0.3, -0.25) is 19.9 Å². The second-order valence-electron chi connectivity index (χ2n) is 4.47. The van der Waals surface area contributed by atoms with E-state index in [1.54, 1.807) is 19.9 Å². The van der Waals surface area contributed by atoms with Crippen LogP contribution in [0, 0.1) is 17.0 Å². The molecule has 9 heteroatoms. The van der Waals surface area contributed by atoms with Crippen LogP contribution in [-0.2, 0) is 0 Å². The minimum atomic E-state index is -0.563. The van der Waals surface area contributed by atoms with Crippen molar-refractivity contribution in [3.05, 3.63) is 61.0 Å². The molecule has 0 amide bonds. The molecular formula is C13H12ClN5O3. The van der Waals surface area contributed by atoms with Crippen molar-refractivity contribution in [2.24, 2.45) is 5.10 Å². The highest BCUT2D eigenvalue weighted by atomic mass is 35.5. The second-order valence-corrected chi connectivity index (χ2v) is 4.87. The molecular weight excluding hydrogens is 310 g/mol. The molecule has 2 N–H and O–H groups in total. The van der Waals surface area contributed by atoms with Gasteiger partial charge in [-0.05, 0) is 19.9 Å². The molecule has 8 nitrogen and oxygen atoms in total. The van der Waals surface area contributed by atoms with E-state index in [9.17, 15) is 14.9 Å². The number of nitro benzene ring substituents is 1. The topological polar surface area (TPSA) is 113 Å². The summed E-state index contributed by atoms with van der Waals surface area (Å²) in [6.45, 7) is 3.34. The summed E-state index contributed by atoms with van der Waals surface area (Å²) in [5, 5.41) is 15.0. The number of hydrogen-bond donors (Lipinski definition) is 2. The van der Waals surface area contributed by atoms with Crippen LogP contribution in [0.1, 0.15) is 18.2 Å². The molecule has 1 aromatic carbocycles. The number of rotatable bonds is 4. The molecule has 0 unspecified atom stereocenters. The minimum absolute atomic E-state index is 0.0548. The van der Waals surface area contributed by atoms with Gasteiger partial charge in [0, 0.05) is 23.4 Å². The number of halogens is 1. The molecule has 0 spiro atoms. The Bertz CT molecular complexity index is 816. The van der Waals surface area contributed by atoms with Crippen LogP contribution in [0.3, 0.4) is 0 Å². The quantitative estimate of drug-likeness (QED) is 0.510. The SMILES string of the molecule is C/C(=N\Nc1nc(C)cc(=O)[nH]1)c1ccc(Cl)c([N+](=O)[O-])c1. The van der Waals surface area contributed by atoms with Crippen LogP contribution in [0.4, 0.5) is 11.6 Å². The Morgan fingerprint density at radius 2 is 2.18 bits per heavy atom. The van der Waals surface area contributed by atoms with Crippen molar-refractivity contribution in [2.45, 2.75) is 13.8 Å². The number of aryl methyl sites for hydroxylation is 1. The third-order valence-electron chi connectivity index (χ3n) is 2.76. The van der Waals surface area contributed by atoms with Crippen LogP contribution in [-0.4, -0.2) is 20.6 Å². The Hall–Kier alpha value is -2.74. The van der Waals surface area contributed by atoms with Crippen molar-refractivity contribution in [1.82, 2.24) is 9.97 Å². The zero-order valence-corrected chi connectivity index (χ0v) is 12.5. The summed E-state index contributed by atoms with van der Waals surface area (Å²) >= 11 is 5.76. The third kappa shape index (κ3) is 3.67. The molecule has 0 aliphatic rings. The maximum absolute atomic E-state index is 11.3. The molecule has 0 fully saturated rings. The zero-order valence-electron chi connectivity index (χ0n) is 11.8. The van der Waals surface area contributed by atoms with Crippen molar-refractivity contribution in [3.63, 3.8) is 0 Å². The van der Waals surface area contributed by atoms with Crippen LogP contribution in [0.25, 0.3) is 0 Å². The molecule has 0 saturated carbocycles. The lowest BCUT2D eigenvalue weighted by molar-refractivity contribution is -0.384. The van der Waals surface area contributed by atoms with Gasteiger partial charge in [-0.2, -0.15) is 5.10 Å². The van der Waals surface area contributed by atoms with E-state index in [4.69, 9.17) is 11.6 Å². The van der Waals surface area contributed by atoms with Gasteiger partial charge in [-0.15, -0.1) is 0 Å². The Morgan fingerprint density at radius 3 is 2.82 bits per heavy atom. The van der Waals surface area contributed by atoms with Gasteiger partial charge in [0.25, 0.3) is 11.2 Å². The number of nitrogens with zero attached hydrogens (tertiary/aromatic N) is 3. The highest BCUT2D eigenvalue weighted by molar-refractivity contribution is 6.32. The van der Waals surface area contributed by atoms with Gasteiger partial charge in [0.05, 0.1) is 10.6 Å². The Morgan fingerprint density at radius 1 is 1.45 bits per heavy atom. The lowest BCUT2D eigenvalue weighted by Gasteiger charge is -2.04. The van der Waals surface area contributed by atoms with Crippen molar-refractivity contribution in [1.29, 1.82) is 0 Å². The van der Waals surface area contributed by atoms with Crippen LogP contribution in [0.2, 0.25) is 5.02 Å². The highest BCUT2D eigenvalue weighted by Gasteiger charge is 2.13. The summed E-state index contributed by atoms with van der Waals surface area (Å²) in [7, 11) is 0. The van der Waals surface area contributed by atoms with E-state index in [1.807, 2.05) is 0 Å². The summed E-state index contributed by atoms with van der Waals surface area (Å²) in [6, 6.07) is 5.72. The number of nitro groups is 1. The molecule has 1 heterocycles. The second kappa shape index (κ2) is 6.35. The maximum atomic E-state index is 11.3. The summed E-state index contributed by atoms with van der Waals surface area (Å²) in [5.74, 6) is 0.188. The standard InChI is InChI=1S/C13H12ClN5O3/c1-7-5-12(20)16-13(15-7)18-17-8(2)9-3-4-10(14)11(6-9)19(21)22/h3-6H,1-2H3,(H2,15,16,18,20)/b17-8+. The molecule has 0 bridgehead atoms. The Balaban J connectivity index is 2.27. The van der Waals surface area contributed by atoms with Crippen LogP contribution in [0.5, 0.6) is 0 Å². The van der Waals surface area contributed by atoms with E-state index in [2.05, 4.69) is 20.5 Å². The molecule has 0 radical (unpaired) electrons. The first-order valence-corrected chi connectivity index (χ1v) is 6.57. The number of benzene rings is 1. The summed E-state index contributed by atoms with van der Waals surface area (Å²) in [6.07, 6.45) is 0. The van der Waals surface area contributed by atoms with E-state index < -0.39 is 4.92 Å². The van der Waals surface area contributed by atoms with Crippen molar-refractivity contribution >= 4 is 28.9 Å². The van der Waals surface area contributed by atoms with Crippen molar-refractivity contribution in [3.8, 4) is 0 Å². The van der Waals surface area contributed by atoms with E-state index in [1.165, 1.54) is 18.2 Å². The first-order valence-electron chi connectivity index (χ1n) is 6.19. The molecule has 0 atom stereocenters. The molecule has 0 aliphatic carbocycles. The first kappa shape index (κ1) is 15.6. The van der Waals surface area contributed by atoms with Gasteiger partial charge in [0.2, 0.25) is 5.95 Å². The van der Waals surface area contributed by atoms with Gasteiger partial charge in [-0.1, -0.05) is 17.7 Å². The van der Waals surface area contributed by atoms with Gasteiger partial charge in [0.15, 0.2) is 0 Å². The zero-order chi connectivity index (χ0) is 16.3. The number of H-pyrrole nitrogens is 1. The largest absolute Gasteiger partial charge is 0.291 e. The predicted molar refractivity (Wildman–Crippen MR) is 83.5 cm³/mol. The number of aromatic nitrogens is 2. The third-order valence-corrected chi connectivity index (χ3v) is 3.08. The van der Waals surface area contributed by atoms with E-state index in [-0.39, 0.29) is 22.2 Å². The van der Waals surface area contributed by atoms with Crippen LogP contribution >= 0.6 is 11.6 Å².